The number of rotatable bonds is 7. The van der Waals surface area contributed by atoms with Crippen molar-refractivity contribution >= 4 is 11.8 Å². The second-order valence-electron chi connectivity index (χ2n) is 6.03. The molecule has 0 saturated carbocycles. The van der Waals surface area contributed by atoms with Crippen LogP contribution >= 0.6 is 0 Å². The number of benzene rings is 1. The van der Waals surface area contributed by atoms with E-state index in [1.807, 2.05) is 0 Å². The number of aryl methyl sites for hydroxylation is 2. The first-order chi connectivity index (χ1) is 12.3. The molecule has 1 atom stereocenters. The van der Waals surface area contributed by atoms with Crippen molar-refractivity contribution in [3.05, 3.63) is 47.0 Å². The summed E-state index contributed by atoms with van der Waals surface area (Å²) in [6, 6.07) is 4.55. The molecule has 0 aliphatic carbocycles. The van der Waals surface area contributed by atoms with Gasteiger partial charge in [0.2, 0.25) is 5.91 Å². The summed E-state index contributed by atoms with van der Waals surface area (Å²) in [6.07, 6.45) is 2.02. The van der Waals surface area contributed by atoms with E-state index in [-0.39, 0.29) is 30.5 Å². The quantitative estimate of drug-likeness (QED) is 0.775. The summed E-state index contributed by atoms with van der Waals surface area (Å²) in [4.78, 5) is 24.4. The highest BCUT2D eigenvalue weighted by Crippen LogP contribution is 2.19. The lowest BCUT2D eigenvalue weighted by Gasteiger charge is -2.16. The minimum absolute atomic E-state index is 0.113. The Morgan fingerprint density at radius 3 is 2.65 bits per heavy atom. The number of halogens is 1. The third-order valence-corrected chi connectivity index (χ3v) is 4.05. The van der Waals surface area contributed by atoms with Gasteiger partial charge in [-0.15, -0.1) is 0 Å². The molecule has 0 spiro atoms. The van der Waals surface area contributed by atoms with E-state index >= 15 is 0 Å². The lowest BCUT2D eigenvalue weighted by atomic mass is 9.98. The fourth-order valence-electron chi connectivity index (χ4n) is 2.71. The maximum Gasteiger partial charge on any atom is 0.272 e. The zero-order valence-electron chi connectivity index (χ0n) is 15.3. The van der Waals surface area contributed by atoms with Crippen LogP contribution < -0.4 is 15.4 Å². The number of ether oxygens (including phenoxy) is 1. The molecule has 1 heterocycles. The summed E-state index contributed by atoms with van der Waals surface area (Å²) in [5.74, 6) is -1.48. The van der Waals surface area contributed by atoms with Crippen LogP contribution in [0.15, 0.2) is 24.4 Å². The molecular formula is C18H23FN4O3. The molecule has 1 unspecified atom stereocenters. The first-order valence-corrected chi connectivity index (χ1v) is 8.18. The van der Waals surface area contributed by atoms with Crippen LogP contribution in [0.5, 0.6) is 5.75 Å². The lowest BCUT2D eigenvalue weighted by Crippen LogP contribution is -2.39. The molecule has 2 N–H and O–H groups in total. The van der Waals surface area contributed by atoms with Crippen molar-refractivity contribution in [1.29, 1.82) is 0 Å². The van der Waals surface area contributed by atoms with E-state index in [2.05, 4.69) is 15.7 Å². The Morgan fingerprint density at radius 2 is 2.12 bits per heavy atom. The van der Waals surface area contributed by atoms with E-state index in [4.69, 9.17) is 4.74 Å². The van der Waals surface area contributed by atoms with Crippen LogP contribution in [0, 0.1) is 18.7 Å². The second kappa shape index (κ2) is 8.46. The fourth-order valence-corrected chi connectivity index (χ4v) is 2.71. The van der Waals surface area contributed by atoms with Gasteiger partial charge in [0.25, 0.3) is 5.91 Å². The highest BCUT2D eigenvalue weighted by atomic mass is 19.1. The van der Waals surface area contributed by atoms with Crippen LogP contribution in [0.1, 0.15) is 21.6 Å². The van der Waals surface area contributed by atoms with Gasteiger partial charge >= 0.3 is 0 Å². The van der Waals surface area contributed by atoms with Gasteiger partial charge < -0.3 is 15.4 Å². The predicted molar refractivity (Wildman–Crippen MR) is 94.5 cm³/mol. The Balaban J connectivity index is 2.08. The predicted octanol–water partition coefficient (Wildman–Crippen LogP) is 1.21. The molecule has 0 radical (unpaired) electrons. The van der Waals surface area contributed by atoms with Crippen LogP contribution in [-0.4, -0.2) is 42.3 Å². The van der Waals surface area contributed by atoms with Gasteiger partial charge in [-0.05, 0) is 31.0 Å². The number of methoxy groups -OCH3 is 1. The number of carbonyl (C=O) groups excluding carboxylic acids is 2. The van der Waals surface area contributed by atoms with E-state index in [9.17, 15) is 14.0 Å². The molecule has 2 aromatic rings. The third kappa shape index (κ3) is 4.59. The van der Waals surface area contributed by atoms with Gasteiger partial charge in [-0.1, -0.05) is 6.07 Å². The normalized spacial score (nSPS) is 11.7. The van der Waals surface area contributed by atoms with Gasteiger partial charge in [0.1, 0.15) is 0 Å². The molecule has 0 aliphatic heterocycles. The first-order valence-electron chi connectivity index (χ1n) is 8.18. The van der Waals surface area contributed by atoms with Crippen molar-refractivity contribution in [2.45, 2.75) is 13.3 Å². The number of nitrogens with zero attached hydrogens (tertiary/aromatic N) is 2. The molecule has 0 aliphatic rings. The molecule has 7 nitrogen and oxygen atoms in total. The van der Waals surface area contributed by atoms with E-state index in [0.717, 1.165) is 5.56 Å². The molecule has 0 saturated heterocycles. The number of hydrogen-bond acceptors (Lipinski definition) is 4. The molecule has 0 fully saturated rings. The molecule has 1 aromatic carbocycles. The number of amides is 2. The molecule has 140 valence electrons. The molecule has 26 heavy (non-hydrogen) atoms. The molecule has 0 bridgehead atoms. The van der Waals surface area contributed by atoms with Crippen molar-refractivity contribution in [2.75, 3.05) is 20.7 Å². The topological polar surface area (TPSA) is 85.3 Å². The summed E-state index contributed by atoms with van der Waals surface area (Å²) in [6.45, 7) is 1.90. The third-order valence-electron chi connectivity index (χ3n) is 4.05. The van der Waals surface area contributed by atoms with Gasteiger partial charge in [0, 0.05) is 32.4 Å². The average molecular weight is 362 g/mol. The van der Waals surface area contributed by atoms with Crippen LogP contribution in [0.4, 0.5) is 4.39 Å². The van der Waals surface area contributed by atoms with Gasteiger partial charge in [-0.2, -0.15) is 5.10 Å². The highest BCUT2D eigenvalue weighted by molar-refractivity contribution is 5.93. The molecular weight excluding hydrogens is 339 g/mol. The maximum absolute atomic E-state index is 13.9. The van der Waals surface area contributed by atoms with Crippen LogP contribution in [0.2, 0.25) is 0 Å². The Morgan fingerprint density at radius 1 is 1.38 bits per heavy atom. The monoisotopic (exact) mass is 362 g/mol. The van der Waals surface area contributed by atoms with E-state index in [1.54, 1.807) is 30.9 Å². The highest BCUT2D eigenvalue weighted by Gasteiger charge is 2.21. The van der Waals surface area contributed by atoms with E-state index < -0.39 is 11.7 Å². The van der Waals surface area contributed by atoms with Crippen molar-refractivity contribution in [3.8, 4) is 5.75 Å². The number of nitrogens with one attached hydrogen (secondary N) is 2. The summed E-state index contributed by atoms with van der Waals surface area (Å²) in [5, 5.41) is 9.41. The van der Waals surface area contributed by atoms with Crippen molar-refractivity contribution in [1.82, 2.24) is 20.4 Å². The Labute approximate surface area is 151 Å². The van der Waals surface area contributed by atoms with Gasteiger partial charge in [0.15, 0.2) is 17.3 Å². The average Bonchev–Trinajstić information content (AvgIpc) is 2.96. The SMILES string of the molecule is CNC(=O)C(CNC(=O)c1nn(C)cc1C)Cc1ccc(OC)c(F)c1. The zero-order valence-corrected chi connectivity index (χ0v) is 15.3. The summed E-state index contributed by atoms with van der Waals surface area (Å²) in [7, 11) is 4.64. The Bertz CT molecular complexity index is 804. The van der Waals surface area contributed by atoms with Gasteiger partial charge in [-0.3, -0.25) is 14.3 Å². The van der Waals surface area contributed by atoms with Gasteiger partial charge in [-0.25, -0.2) is 4.39 Å². The van der Waals surface area contributed by atoms with E-state index in [1.165, 1.54) is 26.3 Å². The van der Waals surface area contributed by atoms with E-state index in [0.29, 0.717) is 11.3 Å². The Hall–Kier alpha value is -2.90. The van der Waals surface area contributed by atoms with Crippen molar-refractivity contribution < 1.29 is 18.7 Å². The smallest absolute Gasteiger partial charge is 0.272 e. The van der Waals surface area contributed by atoms with Crippen LogP contribution in [0.3, 0.4) is 0 Å². The number of hydrogen-bond donors (Lipinski definition) is 2. The lowest BCUT2D eigenvalue weighted by molar-refractivity contribution is -0.124. The standard InChI is InChI=1S/C18H23FN4O3/c1-11-10-23(3)22-16(11)18(25)21-9-13(17(24)20-2)7-12-5-6-15(26-4)14(19)8-12/h5-6,8,10,13H,7,9H2,1-4H3,(H,20,24)(H,21,25). The zero-order chi connectivity index (χ0) is 19.3. The summed E-state index contributed by atoms with van der Waals surface area (Å²) in [5.41, 5.74) is 1.71. The van der Waals surface area contributed by atoms with Gasteiger partial charge in [0.05, 0.1) is 13.0 Å². The Kier molecular flexibility index (Phi) is 6.32. The molecule has 2 amide bonds. The number of aromatic nitrogens is 2. The fraction of sp³-hybridized carbons (Fsp3) is 0.389. The summed E-state index contributed by atoms with van der Waals surface area (Å²) >= 11 is 0. The minimum atomic E-state index is -0.541. The van der Waals surface area contributed by atoms with Crippen molar-refractivity contribution in [3.63, 3.8) is 0 Å². The molecule has 8 heteroatoms. The minimum Gasteiger partial charge on any atom is -0.494 e. The summed E-state index contributed by atoms with van der Waals surface area (Å²) < 4.78 is 20.3. The van der Waals surface area contributed by atoms with Crippen LogP contribution in [0.25, 0.3) is 0 Å². The molecule has 1 aromatic heterocycles. The maximum atomic E-state index is 13.9. The molecule has 2 rings (SSSR count). The number of carbonyl (C=O) groups is 2. The largest absolute Gasteiger partial charge is 0.494 e. The van der Waals surface area contributed by atoms with Crippen molar-refractivity contribution in [2.24, 2.45) is 13.0 Å². The first kappa shape index (κ1) is 19.4. The second-order valence-corrected chi connectivity index (χ2v) is 6.03. The van der Waals surface area contributed by atoms with Crippen LogP contribution in [-0.2, 0) is 18.3 Å².